The van der Waals surface area contributed by atoms with Crippen LogP contribution in [0.15, 0.2) is 22.2 Å². The average Bonchev–Trinajstić information content (AvgIpc) is 2.99. The number of thiophene rings is 1. The third-order valence-corrected chi connectivity index (χ3v) is 7.60. The summed E-state index contributed by atoms with van der Waals surface area (Å²) in [7, 11) is 1.27. The second-order valence-corrected chi connectivity index (χ2v) is 8.57. The largest absolute Gasteiger partial charge is 0.465 e. The zero-order valence-corrected chi connectivity index (χ0v) is 16.7. The van der Waals surface area contributed by atoms with Crippen molar-refractivity contribution in [2.24, 2.45) is 0 Å². The molecule has 1 fully saturated rings. The maximum absolute atomic E-state index is 11.8. The van der Waals surface area contributed by atoms with Crippen LogP contribution in [-0.4, -0.2) is 29.6 Å². The van der Waals surface area contributed by atoms with Gasteiger partial charge in [-0.2, -0.15) is 0 Å². The Balaban J connectivity index is 1.85. The lowest BCUT2D eigenvalue weighted by molar-refractivity contribution is -0.139. The van der Waals surface area contributed by atoms with Crippen molar-refractivity contribution in [1.29, 1.82) is 0 Å². The minimum atomic E-state index is -1.37. The van der Waals surface area contributed by atoms with Gasteiger partial charge in [0, 0.05) is 15.4 Å². The zero-order valence-electron chi connectivity index (χ0n) is 14.3. The third-order valence-electron chi connectivity index (χ3n) is 5.11. The Morgan fingerprint density at radius 1 is 1.35 bits per heavy atom. The fraction of sp³-hybridized carbons (Fsp3) is 0.421. The number of halogens is 1. The summed E-state index contributed by atoms with van der Waals surface area (Å²) >= 11 is 5.14. The van der Waals surface area contributed by atoms with Crippen molar-refractivity contribution < 1.29 is 24.5 Å². The Morgan fingerprint density at radius 3 is 2.77 bits per heavy atom. The minimum absolute atomic E-state index is 0.0705. The van der Waals surface area contributed by atoms with Crippen molar-refractivity contribution in [2.75, 3.05) is 7.11 Å². The molecule has 2 aromatic rings. The topological polar surface area (TPSA) is 76.0 Å². The summed E-state index contributed by atoms with van der Waals surface area (Å²) in [6.45, 7) is 0. The minimum Gasteiger partial charge on any atom is -0.465 e. The van der Waals surface area contributed by atoms with Crippen LogP contribution in [0, 0.1) is 0 Å². The van der Waals surface area contributed by atoms with E-state index < -0.39 is 17.9 Å². The van der Waals surface area contributed by atoms with Crippen LogP contribution in [0.25, 0.3) is 16.2 Å². The number of hydrogen-bond donors (Lipinski definition) is 2. The van der Waals surface area contributed by atoms with E-state index in [9.17, 15) is 15.0 Å². The highest BCUT2D eigenvalue weighted by atomic mass is 79.9. The van der Waals surface area contributed by atoms with Gasteiger partial charge in [0.1, 0.15) is 11.3 Å². The van der Waals surface area contributed by atoms with Crippen LogP contribution in [0.2, 0.25) is 0 Å². The predicted molar refractivity (Wildman–Crippen MR) is 103 cm³/mol. The van der Waals surface area contributed by atoms with Crippen molar-refractivity contribution in [3.63, 3.8) is 0 Å². The molecule has 2 N–H and O–H groups in total. The molecule has 0 radical (unpaired) electrons. The van der Waals surface area contributed by atoms with Gasteiger partial charge in [0.25, 0.3) is 0 Å². The number of aliphatic hydroxyl groups is 2. The monoisotopic (exact) mass is 438 g/mol. The van der Waals surface area contributed by atoms with Gasteiger partial charge in [0.2, 0.25) is 6.29 Å². The van der Waals surface area contributed by atoms with Gasteiger partial charge in [-0.3, -0.25) is 0 Å². The van der Waals surface area contributed by atoms with Crippen LogP contribution < -0.4 is 4.74 Å². The molecule has 1 aliphatic carbocycles. The molecular formula is C19H19BrO5S. The molecule has 5 nitrogen and oxygen atoms in total. The van der Waals surface area contributed by atoms with E-state index >= 15 is 0 Å². The Bertz CT molecular complexity index is 910. The predicted octanol–water partition coefficient (Wildman–Crippen LogP) is 4.08. The van der Waals surface area contributed by atoms with Crippen LogP contribution >= 0.6 is 27.3 Å². The number of carbonyl (C=O) groups is 1. The lowest BCUT2D eigenvalue weighted by atomic mass is 9.83. The summed E-state index contributed by atoms with van der Waals surface area (Å²) < 4.78 is 12.1. The van der Waals surface area contributed by atoms with E-state index in [1.807, 2.05) is 12.1 Å². The second kappa shape index (κ2) is 6.64. The van der Waals surface area contributed by atoms with Gasteiger partial charge in [-0.05, 0) is 34.8 Å². The van der Waals surface area contributed by atoms with E-state index in [2.05, 4.69) is 15.9 Å². The first-order valence-electron chi connectivity index (χ1n) is 8.57. The number of rotatable bonds is 2. The molecule has 2 aliphatic rings. The van der Waals surface area contributed by atoms with Crippen molar-refractivity contribution in [2.45, 2.75) is 44.0 Å². The van der Waals surface area contributed by atoms with Gasteiger partial charge in [0.15, 0.2) is 0 Å². The quantitative estimate of drug-likeness (QED) is 0.690. The van der Waals surface area contributed by atoms with Crippen LogP contribution in [-0.2, 0) is 15.1 Å². The Labute approximate surface area is 163 Å². The first-order valence-corrected chi connectivity index (χ1v) is 10.2. The van der Waals surface area contributed by atoms with Gasteiger partial charge in [0.05, 0.1) is 22.3 Å². The third kappa shape index (κ3) is 2.78. The van der Waals surface area contributed by atoms with Crippen LogP contribution in [0.1, 0.15) is 42.5 Å². The molecule has 4 rings (SSSR count). The highest BCUT2D eigenvalue weighted by Crippen LogP contribution is 2.51. The molecule has 0 bridgehead atoms. The van der Waals surface area contributed by atoms with Gasteiger partial charge in [-0.15, -0.1) is 11.3 Å². The van der Waals surface area contributed by atoms with E-state index in [4.69, 9.17) is 9.47 Å². The maximum Gasteiger partial charge on any atom is 0.340 e. The van der Waals surface area contributed by atoms with Gasteiger partial charge in [-0.1, -0.05) is 31.4 Å². The summed E-state index contributed by atoms with van der Waals surface area (Å²) in [5.41, 5.74) is -0.0474. The zero-order chi connectivity index (χ0) is 18.5. The Kier molecular flexibility index (Phi) is 4.59. The van der Waals surface area contributed by atoms with Crippen LogP contribution in [0.4, 0.5) is 0 Å². The molecule has 138 valence electrons. The number of aliphatic hydroxyl groups excluding tert-OH is 1. The van der Waals surface area contributed by atoms with E-state index in [1.165, 1.54) is 18.4 Å². The molecular weight excluding hydrogens is 420 g/mol. The molecule has 1 aromatic heterocycles. The molecule has 0 spiro atoms. The molecule has 1 aromatic carbocycles. The number of benzene rings is 1. The normalized spacial score (nSPS) is 21.7. The molecule has 26 heavy (non-hydrogen) atoms. The number of ether oxygens (including phenoxy) is 2. The summed E-state index contributed by atoms with van der Waals surface area (Å²) in [6.07, 6.45) is 4.88. The summed E-state index contributed by atoms with van der Waals surface area (Å²) in [4.78, 5) is 12.7. The number of fused-ring (bicyclic) bond motifs is 3. The van der Waals surface area contributed by atoms with Crippen molar-refractivity contribution in [1.82, 2.24) is 0 Å². The fourth-order valence-electron chi connectivity index (χ4n) is 3.71. The highest BCUT2D eigenvalue weighted by molar-refractivity contribution is 9.10. The second-order valence-electron chi connectivity index (χ2n) is 6.76. The SMILES string of the molecule is COC(=O)C1=Cc2ccc3c(Br)c(C4(O)CCCCC4)sc3c2OC1O. The molecule has 1 aliphatic heterocycles. The number of esters is 1. The number of carbonyl (C=O) groups excluding carboxylic acids is 1. The molecule has 1 atom stereocenters. The summed E-state index contributed by atoms with van der Waals surface area (Å²) in [5, 5.41) is 22.3. The van der Waals surface area contributed by atoms with E-state index in [1.54, 1.807) is 6.08 Å². The van der Waals surface area contributed by atoms with Crippen LogP contribution in [0.3, 0.4) is 0 Å². The first kappa shape index (κ1) is 18.0. The van der Waals surface area contributed by atoms with Gasteiger partial charge < -0.3 is 19.7 Å². The Morgan fingerprint density at radius 2 is 2.08 bits per heavy atom. The lowest BCUT2D eigenvalue weighted by Gasteiger charge is -2.31. The molecule has 7 heteroatoms. The average molecular weight is 439 g/mol. The van der Waals surface area contributed by atoms with Gasteiger partial charge >= 0.3 is 5.97 Å². The van der Waals surface area contributed by atoms with E-state index in [-0.39, 0.29) is 5.57 Å². The lowest BCUT2D eigenvalue weighted by Crippen LogP contribution is -2.27. The highest BCUT2D eigenvalue weighted by Gasteiger charge is 2.36. The van der Waals surface area contributed by atoms with Crippen LogP contribution in [0.5, 0.6) is 5.75 Å². The van der Waals surface area contributed by atoms with Crippen molar-refractivity contribution >= 4 is 49.4 Å². The molecule has 0 saturated heterocycles. The number of methoxy groups -OCH3 is 1. The first-order chi connectivity index (χ1) is 12.4. The molecule has 1 saturated carbocycles. The van der Waals surface area contributed by atoms with Gasteiger partial charge in [-0.25, -0.2) is 4.79 Å². The van der Waals surface area contributed by atoms with Crippen molar-refractivity contribution in [3.8, 4) is 5.75 Å². The summed E-state index contributed by atoms with van der Waals surface area (Å²) in [6, 6.07) is 3.79. The molecule has 0 amide bonds. The van der Waals surface area contributed by atoms with E-state index in [0.717, 1.165) is 51.5 Å². The smallest absolute Gasteiger partial charge is 0.340 e. The fourth-order valence-corrected chi connectivity index (χ4v) is 6.12. The Hall–Kier alpha value is -1.41. The maximum atomic E-state index is 11.8. The van der Waals surface area contributed by atoms with E-state index in [0.29, 0.717) is 11.3 Å². The standard InChI is InChI=1S/C19H19BrO5S/c1-24-17(21)12-9-10-5-6-11-13(20)16(19(23)7-3-2-4-8-19)26-15(11)14(10)25-18(12)22/h5-6,9,18,22-23H,2-4,7-8H2,1H3. The van der Waals surface area contributed by atoms with Crippen molar-refractivity contribution in [3.05, 3.63) is 32.6 Å². The summed E-state index contributed by atoms with van der Waals surface area (Å²) in [5.74, 6) is -0.0909. The molecule has 1 unspecified atom stereocenters. The number of hydrogen-bond acceptors (Lipinski definition) is 6. The molecule has 2 heterocycles.